The van der Waals surface area contributed by atoms with Crippen molar-refractivity contribution in [3.63, 3.8) is 0 Å². The van der Waals surface area contributed by atoms with E-state index in [0.717, 1.165) is 10.9 Å². The number of carbonyl (C=O) groups is 2. The van der Waals surface area contributed by atoms with Gasteiger partial charge in [-0.3, -0.25) is 9.59 Å². The molecule has 1 N–H and O–H groups in total. The highest BCUT2D eigenvalue weighted by Gasteiger charge is 2.19. The van der Waals surface area contributed by atoms with Crippen molar-refractivity contribution in [3.8, 4) is 0 Å². The molecule has 2 aromatic carbocycles. The molecular weight excluding hydrogens is 340 g/mol. The molecule has 1 aromatic heterocycles. The van der Waals surface area contributed by atoms with E-state index in [1.54, 1.807) is 31.3 Å². The quantitative estimate of drug-likeness (QED) is 0.765. The molecule has 0 spiro atoms. The smallest absolute Gasteiger partial charge is 0.289 e. The van der Waals surface area contributed by atoms with Gasteiger partial charge in [-0.2, -0.15) is 0 Å². The highest BCUT2D eigenvalue weighted by atomic mass is 35.5. The van der Waals surface area contributed by atoms with Crippen LogP contribution < -0.4 is 5.32 Å². The van der Waals surface area contributed by atoms with Crippen LogP contribution in [-0.4, -0.2) is 30.3 Å². The summed E-state index contributed by atoms with van der Waals surface area (Å²) in [7, 11) is 1.55. The fraction of sp³-hybridized carbons (Fsp3) is 0.158. The van der Waals surface area contributed by atoms with Crippen molar-refractivity contribution in [1.29, 1.82) is 0 Å². The van der Waals surface area contributed by atoms with E-state index in [2.05, 4.69) is 5.32 Å². The zero-order valence-electron chi connectivity index (χ0n) is 13.9. The van der Waals surface area contributed by atoms with E-state index in [4.69, 9.17) is 16.0 Å². The van der Waals surface area contributed by atoms with Crippen molar-refractivity contribution in [1.82, 2.24) is 4.90 Å². The van der Waals surface area contributed by atoms with Crippen LogP contribution in [0.1, 0.15) is 16.1 Å². The molecule has 0 unspecified atom stereocenters. The first-order chi connectivity index (χ1) is 11.9. The Balaban J connectivity index is 1.66. The third-order valence-corrected chi connectivity index (χ3v) is 3.99. The second kappa shape index (κ2) is 6.99. The largest absolute Gasteiger partial charge is 0.451 e. The van der Waals surface area contributed by atoms with Crippen LogP contribution in [-0.2, 0) is 4.79 Å². The van der Waals surface area contributed by atoms with Gasteiger partial charge in [-0.1, -0.05) is 29.3 Å². The first-order valence-electron chi connectivity index (χ1n) is 7.73. The molecule has 25 heavy (non-hydrogen) atoms. The van der Waals surface area contributed by atoms with E-state index in [1.165, 1.54) is 4.90 Å². The van der Waals surface area contributed by atoms with Crippen LogP contribution >= 0.6 is 11.6 Å². The Morgan fingerprint density at radius 2 is 1.84 bits per heavy atom. The van der Waals surface area contributed by atoms with Crippen molar-refractivity contribution in [2.75, 3.05) is 18.9 Å². The summed E-state index contributed by atoms with van der Waals surface area (Å²) in [5, 5.41) is 4.07. The van der Waals surface area contributed by atoms with E-state index in [1.807, 2.05) is 31.2 Å². The molecule has 5 nitrogen and oxygen atoms in total. The molecule has 3 rings (SSSR count). The summed E-state index contributed by atoms with van der Waals surface area (Å²) < 4.78 is 5.54. The first-order valence-corrected chi connectivity index (χ1v) is 8.11. The number of amides is 2. The molecule has 0 bridgehead atoms. The van der Waals surface area contributed by atoms with Crippen LogP contribution in [0.25, 0.3) is 11.0 Å². The Bertz CT molecular complexity index is 931. The van der Waals surface area contributed by atoms with Crippen LogP contribution in [0, 0.1) is 6.92 Å². The summed E-state index contributed by atoms with van der Waals surface area (Å²) in [5.74, 6) is -0.479. The normalized spacial score (nSPS) is 10.7. The highest BCUT2D eigenvalue weighted by molar-refractivity contribution is 6.31. The number of nitrogens with one attached hydrogen (secondary N) is 1. The molecule has 0 saturated heterocycles. The van der Waals surface area contributed by atoms with E-state index in [-0.39, 0.29) is 24.1 Å². The Hall–Kier alpha value is -2.79. The van der Waals surface area contributed by atoms with Crippen LogP contribution in [0.5, 0.6) is 0 Å². The summed E-state index contributed by atoms with van der Waals surface area (Å²) in [4.78, 5) is 25.9. The van der Waals surface area contributed by atoms with Crippen LogP contribution in [0.15, 0.2) is 52.9 Å². The summed E-state index contributed by atoms with van der Waals surface area (Å²) in [5.41, 5.74) is 2.37. The second-order valence-corrected chi connectivity index (χ2v) is 6.30. The van der Waals surface area contributed by atoms with E-state index in [0.29, 0.717) is 16.3 Å². The number of anilines is 1. The number of nitrogens with zero attached hydrogens (tertiary/aromatic N) is 1. The summed E-state index contributed by atoms with van der Waals surface area (Å²) >= 11 is 5.94. The highest BCUT2D eigenvalue weighted by Crippen LogP contribution is 2.23. The fourth-order valence-electron chi connectivity index (χ4n) is 2.43. The lowest BCUT2D eigenvalue weighted by Gasteiger charge is -2.15. The summed E-state index contributed by atoms with van der Waals surface area (Å²) in [6.45, 7) is 1.89. The number of hydrogen-bond donors (Lipinski definition) is 1. The van der Waals surface area contributed by atoms with Gasteiger partial charge in [-0.15, -0.1) is 0 Å². The molecule has 0 saturated carbocycles. The minimum absolute atomic E-state index is 0.0789. The molecule has 0 fully saturated rings. The number of rotatable bonds is 4. The molecule has 0 atom stereocenters. The molecule has 0 radical (unpaired) electrons. The Labute approximate surface area is 150 Å². The number of hydrogen-bond acceptors (Lipinski definition) is 3. The summed E-state index contributed by atoms with van der Waals surface area (Å²) in [6.07, 6.45) is 0. The number of benzene rings is 2. The number of fused-ring (bicyclic) bond motifs is 1. The third kappa shape index (κ3) is 4.00. The van der Waals surface area contributed by atoms with E-state index < -0.39 is 0 Å². The lowest BCUT2D eigenvalue weighted by molar-refractivity contribution is -0.116. The third-order valence-electron chi connectivity index (χ3n) is 3.75. The van der Waals surface area contributed by atoms with Crippen LogP contribution in [0.3, 0.4) is 0 Å². The number of carbonyl (C=O) groups excluding carboxylic acids is 2. The molecule has 6 heteroatoms. The lowest BCUT2D eigenvalue weighted by Crippen LogP contribution is -2.34. The van der Waals surface area contributed by atoms with Gasteiger partial charge in [-0.05, 0) is 43.3 Å². The first kappa shape index (κ1) is 17.0. The van der Waals surface area contributed by atoms with Gasteiger partial charge < -0.3 is 14.6 Å². The van der Waals surface area contributed by atoms with Crippen molar-refractivity contribution >= 4 is 40.1 Å². The monoisotopic (exact) mass is 356 g/mol. The zero-order chi connectivity index (χ0) is 18.0. The maximum atomic E-state index is 12.5. The molecule has 0 aliphatic carbocycles. The maximum Gasteiger partial charge on any atom is 0.289 e. The lowest BCUT2D eigenvalue weighted by atomic mass is 10.2. The topological polar surface area (TPSA) is 62.6 Å². The molecule has 0 aliphatic rings. The van der Waals surface area contributed by atoms with Crippen LogP contribution in [0.4, 0.5) is 5.69 Å². The molecule has 0 aliphatic heterocycles. The van der Waals surface area contributed by atoms with Gasteiger partial charge in [0.2, 0.25) is 5.91 Å². The predicted octanol–water partition coefficient (Wildman–Crippen LogP) is 4.11. The predicted molar refractivity (Wildman–Crippen MR) is 98.0 cm³/mol. The summed E-state index contributed by atoms with van der Waals surface area (Å²) in [6, 6.07) is 14.2. The van der Waals surface area contributed by atoms with Crippen LogP contribution in [0.2, 0.25) is 5.02 Å². The number of aryl methyl sites for hydroxylation is 1. The average molecular weight is 357 g/mol. The minimum Gasteiger partial charge on any atom is -0.451 e. The van der Waals surface area contributed by atoms with Crippen molar-refractivity contribution in [3.05, 3.63) is 64.9 Å². The van der Waals surface area contributed by atoms with Crippen molar-refractivity contribution in [2.24, 2.45) is 0 Å². The van der Waals surface area contributed by atoms with Gasteiger partial charge in [0.25, 0.3) is 5.91 Å². The SMILES string of the molecule is Cc1ccc(NC(=O)CN(C)C(=O)c2cc3cc(Cl)ccc3o2)cc1. The van der Waals surface area contributed by atoms with Gasteiger partial charge in [0.05, 0.1) is 6.54 Å². The number of likely N-dealkylation sites (N-methyl/N-ethyl adjacent to an activating group) is 1. The zero-order valence-corrected chi connectivity index (χ0v) is 14.6. The van der Waals surface area contributed by atoms with Crippen molar-refractivity contribution < 1.29 is 14.0 Å². The Morgan fingerprint density at radius 3 is 2.56 bits per heavy atom. The van der Waals surface area contributed by atoms with Gasteiger partial charge in [0.1, 0.15) is 5.58 Å². The fourth-order valence-corrected chi connectivity index (χ4v) is 2.61. The average Bonchev–Trinajstić information content (AvgIpc) is 2.99. The molecule has 2 amide bonds. The van der Waals surface area contributed by atoms with Crippen molar-refractivity contribution in [2.45, 2.75) is 6.92 Å². The van der Waals surface area contributed by atoms with Gasteiger partial charge >= 0.3 is 0 Å². The number of halogens is 1. The minimum atomic E-state index is -0.369. The Morgan fingerprint density at radius 1 is 1.12 bits per heavy atom. The van der Waals surface area contributed by atoms with E-state index >= 15 is 0 Å². The maximum absolute atomic E-state index is 12.5. The molecule has 3 aromatic rings. The molecular formula is C19H17ClN2O3. The Kier molecular flexibility index (Phi) is 4.76. The molecule has 128 valence electrons. The number of furan rings is 1. The van der Waals surface area contributed by atoms with Gasteiger partial charge in [0.15, 0.2) is 5.76 Å². The standard InChI is InChI=1S/C19H17ClN2O3/c1-12-3-6-15(7-4-12)21-18(23)11-22(2)19(24)17-10-13-9-14(20)5-8-16(13)25-17/h3-10H,11H2,1-2H3,(H,21,23). The van der Waals surface area contributed by atoms with Gasteiger partial charge in [-0.25, -0.2) is 0 Å². The molecule has 1 heterocycles. The second-order valence-electron chi connectivity index (χ2n) is 5.87. The van der Waals surface area contributed by atoms with E-state index in [9.17, 15) is 9.59 Å². The van der Waals surface area contributed by atoms with Gasteiger partial charge in [0, 0.05) is 23.1 Å².